The Morgan fingerprint density at radius 1 is 0.958 bits per heavy atom. The van der Waals surface area contributed by atoms with Gasteiger partial charge in [0.2, 0.25) is 0 Å². The van der Waals surface area contributed by atoms with Crippen molar-refractivity contribution in [3.8, 4) is 5.75 Å². The molecule has 0 radical (unpaired) electrons. The van der Waals surface area contributed by atoms with Gasteiger partial charge in [0.05, 0.1) is 0 Å². The molecule has 0 atom stereocenters. The topological polar surface area (TPSA) is 21.3 Å². The zero-order chi connectivity index (χ0) is 16.4. The highest BCUT2D eigenvalue weighted by Crippen LogP contribution is 2.30. The number of ether oxygens (including phenoxy) is 1. The van der Waals surface area contributed by atoms with Crippen LogP contribution in [-0.4, -0.2) is 6.04 Å². The molecule has 2 nitrogen and oxygen atoms in total. The van der Waals surface area contributed by atoms with E-state index in [0.717, 1.165) is 17.9 Å². The van der Waals surface area contributed by atoms with Crippen LogP contribution in [0.2, 0.25) is 0 Å². The Bertz CT molecular complexity index is 840. The third-order valence-corrected chi connectivity index (χ3v) is 4.45. The Kier molecular flexibility index (Phi) is 4.18. The highest BCUT2D eigenvalue weighted by molar-refractivity contribution is 5.87. The van der Waals surface area contributed by atoms with Crippen LogP contribution in [0.3, 0.4) is 0 Å². The van der Waals surface area contributed by atoms with Crippen LogP contribution in [0.25, 0.3) is 10.8 Å². The summed E-state index contributed by atoms with van der Waals surface area (Å²) in [5.74, 6) is 0.671. The fraction of sp³-hybridized carbons (Fsp3) is 0.238. The first-order valence-electron chi connectivity index (χ1n) is 8.41. The van der Waals surface area contributed by atoms with Crippen LogP contribution in [0.5, 0.6) is 5.75 Å². The summed E-state index contributed by atoms with van der Waals surface area (Å²) in [6.45, 7) is 1.25. The molecule has 1 aliphatic carbocycles. The fourth-order valence-corrected chi connectivity index (χ4v) is 2.91. The number of hydrogen-bond donors (Lipinski definition) is 1. The molecule has 3 aromatic carbocycles. The maximum atomic E-state index is 13.0. The van der Waals surface area contributed by atoms with E-state index < -0.39 is 0 Å². The second-order valence-corrected chi connectivity index (χ2v) is 6.33. The van der Waals surface area contributed by atoms with Crippen molar-refractivity contribution in [1.29, 1.82) is 0 Å². The molecule has 3 aromatic rings. The molecular formula is C21H20FNO. The van der Waals surface area contributed by atoms with Crippen LogP contribution in [0.4, 0.5) is 4.39 Å². The van der Waals surface area contributed by atoms with Gasteiger partial charge >= 0.3 is 0 Å². The minimum absolute atomic E-state index is 0.223. The van der Waals surface area contributed by atoms with E-state index >= 15 is 0 Å². The monoisotopic (exact) mass is 321 g/mol. The number of rotatable bonds is 6. The lowest BCUT2D eigenvalue weighted by Crippen LogP contribution is -2.16. The van der Waals surface area contributed by atoms with Crippen LogP contribution >= 0.6 is 0 Å². The van der Waals surface area contributed by atoms with Gasteiger partial charge in [-0.15, -0.1) is 0 Å². The highest BCUT2D eigenvalue weighted by atomic mass is 19.1. The van der Waals surface area contributed by atoms with Crippen LogP contribution < -0.4 is 10.1 Å². The molecule has 0 aliphatic heterocycles. The molecule has 0 amide bonds. The highest BCUT2D eigenvalue weighted by Gasteiger charge is 2.21. The van der Waals surface area contributed by atoms with E-state index in [0.29, 0.717) is 12.6 Å². The van der Waals surface area contributed by atoms with E-state index in [9.17, 15) is 4.39 Å². The standard InChI is InChI=1S/C21H20FNO/c22-17-8-5-15(6-9-17)14-24-21-12-7-16-3-1-2-4-19(16)20(21)13-23-18-10-11-18/h1-9,12,18,23H,10-11,13-14H2. The van der Waals surface area contributed by atoms with E-state index in [1.165, 1.54) is 41.3 Å². The summed E-state index contributed by atoms with van der Waals surface area (Å²) in [4.78, 5) is 0. The van der Waals surface area contributed by atoms with E-state index in [1.807, 2.05) is 6.07 Å². The molecule has 122 valence electrons. The van der Waals surface area contributed by atoms with Crippen molar-refractivity contribution < 1.29 is 9.13 Å². The summed E-state index contributed by atoms with van der Waals surface area (Å²) in [6, 6.07) is 19.6. The summed E-state index contributed by atoms with van der Waals surface area (Å²) >= 11 is 0. The molecular weight excluding hydrogens is 301 g/mol. The maximum absolute atomic E-state index is 13.0. The average Bonchev–Trinajstić information content (AvgIpc) is 3.44. The van der Waals surface area contributed by atoms with Gasteiger partial charge in [-0.1, -0.05) is 42.5 Å². The molecule has 0 bridgehead atoms. The van der Waals surface area contributed by atoms with Crippen molar-refractivity contribution >= 4 is 10.8 Å². The molecule has 1 N–H and O–H groups in total. The molecule has 0 heterocycles. The van der Waals surface area contributed by atoms with Gasteiger partial charge in [-0.3, -0.25) is 0 Å². The molecule has 0 spiro atoms. The Morgan fingerprint density at radius 2 is 1.75 bits per heavy atom. The van der Waals surface area contributed by atoms with Gasteiger partial charge in [-0.25, -0.2) is 4.39 Å². The summed E-state index contributed by atoms with van der Waals surface area (Å²) in [6.07, 6.45) is 2.52. The minimum Gasteiger partial charge on any atom is -0.489 e. The molecule has 1 saturated carbocycles. The third kappa shape index (κ3) is 3.41. The van der Waals surface area contributed by atoms with Crippen molar-refractivity contribution in [2.75, 3.05) is 0 Å². The van der Waals surface area contributed by atoms with E-state index in [-0.39, 0.29) is 5.82 Å². The molecule has 4 rings (SSSR count). The van der Waals surface area contributed by atoms with Gasteiger partial charge in [0.25, 0.3) is 0 Å². The number of hydrogen-bond acceptors (Lipinski definition) is 2. The first-order valence-corrected chi connectivity index (χ1v) is 8.41. The van der Waals surface area contributed by atoms with Gasteiger partial charge in [-0.05, 0) is 47.4 Å². The molecule has 0 saturated heterocycles. The SMILES string of the molecule is Fc1ccc(COc2ccc3ccccc3c2CNC2CC2)cc1. The number of benzene rings is 3. The molecule has 0 unspecified atom stereocenters. The zero-order valence-electron chi connectivity index (χ0n) is 13.5. The normalized spacial score (nSPS) is 14.0. The molecule has 3 heteroatoms. The van der Waals surface area contributed by atoms with Crippen LogP contribution in [-0.2, 0) is 13.2 Å². The first kappa shape index (κ1) is 15.2. The summed E-state index contributed by atoms with van der Waals surface area (Å²) < 4.78 is 19.1. The minimum atomic E-state index is -0.223. The van der Waals surface area contributed by atoms with Gasteiger partial charge in [0, 0.05) is 18.2 Å². The predicted octanol–water partition coefficient (Wildman–Crippen LogP) is 4.81. The van der Waals surface area contributed by atoms with Crippen molar-refractivity contribution in [2.24, 2.45) is 0 Å². The van der Waals surface area contributed by atoms with Crippen LogP contribution in [0, 0.1) is 5.82 Å². The zero-order valence-corrected chi connectivity index (χ0v) is 13.5. The molecule has 0 aromatic heterocycles. The van der Waals surface area contributed by atoms with Crippen molar-refractivity contribution in [1.82, 2.24) is 5.32 Å². The lowest BCUT2D eigenvalue weighted by atomic mass is 10.0. The van der Waals surface area contributed by atoms with Crippen LogP contribution in [0.1, 0.15) is 24.0 Å². The smallest absolute Gasteiger partial charge is 0.124 e. The second kappa shape index (κ2) is 6.62. The third-order valence-electron chi connectivity index (χ3n) is 4.45. The van der Waals surface area contributed by atoms with Crippen LogP contribution in [0.15, 0.2) is 60.7 Å². The Balaban J connectivity index is 1.60. The predicted molar refractivity (Wildman–Crippen MR) is 94.5 cm³/mol. The number of fused-ring (bicyclic) bond motifs is 1. The summed E-state index contributed by atoms with van der Waals surface area (Å²) in [5.41, 5.74) is 2.16. The van der Waals surface area contributed by atoms with Gasteiger partial charge < -0.3 is 10.1 Å². The average molecular weight is 321 g/mol. The largest absolute Gasteiger partial charge is 0.489 e. The van der Waals surface area contributed by atoms with E-state index in [1.54, 1.807) is 12.1 Å². The molecule has 1 aliphatic rings. The van der Waals surface area contributed by atoms with Gasteiger partial charge in [-0.2, -0.15) is 0 Å². The Morgan fingerprint density at radius 3 is 2.54 bits per heavy atom. The van der Waals surface area contributed by atoms with Crippen molar-refractivity contribution in [3.05, 3.63) is 77.6 Å². The maximum Gasteiger partial charge on any atom is 0.124 e. The van der Waals surface area contributed by atoms with Crippen molar-refractivity contribution in [2.45, 2.75) is 32.0 Å². The lowest BCUT2D eigenvalue weighted by molar-refractivity contribution is 0.302. The Hall–Kier alpha value is -2.39. The summed E-state index contributed by atoms with van der Waals surface area (Å²) in [7, 11) is 0. The first-order chi connectivity index (χ1) is 11.8. The van der Waals surface area contributed by atoms with E-state index in [2.05, 4.69) is 35.6 Å². The molecule has 24 heavy (non-hydrogen) atoms. The van der Waals surface area contributed by atoms with Gasteiger partial charge in [0.15, 0.2) is 0 Å². The van der Waals surface area contributed by atoms with E-state index in [4.69, 9.17) is 4.74 Å². The lowest BCUT2D eigenvalue weighted by Gasteiger charge is -2.15. The fourth-order valence-electron chi connectivity index (χ4n) is 2.91. The number of halogens is 1. The summed E-state index contributed by atoms with van der Waals surface area (Å²) in [5, 5.41) is 6.03. The van der Waals surface area contributed by atoms with Crippen molar-refractivity contribution in [3.63, 3.8) is 0 Å². The second-order valence-electron chi connectivity index (χ2n) is 6.33. The Labute approximate surface area is 141 Å². The number of nitrogens with one attached hydrogen (secondary N) is 1. The molecule has 1 fully saturated rings. The van der Waals surface area contributed by atoms with Gasteiger partial charge in [0.1, 0.15) is 18.2 Å². The quantitative estimate of drug-likeness (QED) is 0.703.